The highest BCUT2D eigenvalue weighted by molar-refractivity contribution is 5.85. The number of fused-ring (bicyclic) bond motifs is 2. The fourth-order valence-corrected chi connectivity index (χ4v) is 2.55. The van der Waals surface area contributed by atoms with Gasteiger partial charge in [-0.25, -0.2) is 4.98 Å². The van der Waals surface area contributed by atoms with Crippen LogP contribution in [-0.2, 0) is 0 Å². The molecule has 0 spiro atoms. The lowest BCUT2D eigenvalue weighted by molar-refractivity contribution is 1.28. The number of pyridine rings is 2. The number of hydrogen-bond acceptors (Lipinski definition) is 2. The first-order valence-corrected chi connectivity index (χ1v) is 6.79. The second-order valence-corrected chi connectivity index (χ2v) is 4.99. The Hall–Kier alpha value is -2.94. The number of aromatic nitrogens is 2. The van der Waals surface area contributed by atoms with Gasteiger partial charge in [-0.15, -0.1) is 0 Å². The van der Waals surface area contributed by atoms with Gasteiger partial charge in [-0.05, 0) is 29.7 Å². The fourth-order valence-electron chi connectivity index (χ4n) is 2.55. The smallest absolute Gasteiger partial charge is 0.257 e. The zero-order chi connectivity index (χ0) is 14.2. The Bertz CT molecular complexity index is 1020. The van der Waals surface area contributed by atoms with E-state index in [4.69, 9.17) is 0 Å². The minimum atomic E-state index is -0.114. The Kier molecular flexibility index (Phi) is 2.57. The van der Waals surface area contributed by atoms with Gasteiger partial charge in [0.25, 0.3) is 5.56 Å². The zero-order valence-electron chi connectivity index (χ0n) is 11.2. The monoisotopic (exact) mass is 272 g/mol. The van der Waals surface area contributed by atoms with Gasteiger partial charge in [0.2, 0.25) is 0 Å². The van der Waals surface area contributed by atoms with Gasteiger partial charge < -0.3 is 4.98 Å². The number of nitrogens with one attached hydrogen (secondary N) is 1. The summed E-state index contributed by atoms with van der Waals surface area (Å²) in [5.41, 5.74) is 2.91. The second kappa shape index (κ2) is 4.56. The van der Waals surface area contributed by atoms with Crippen molar-refractivity contribution in [1.29, 1.82) is 0 Å². The number of benzene rings is 2. The van der Waals surface area contributed by atoms with Gasteiger partial charge in [0, 0.05) is 10.9 Å². The van der Waals surface area contributed by atoms with Gasteiger partial charge >= 0.3 is 0 Å². The van der Waals surface area contributed by atoms with E-state index in [0.29, 0.717) is 11.3 Å². The van der Waals surface area contributed by atoms with Crippen molar-refractivity contribution in [3.05, 3.63) is 77.1 Å². The van der Waals surface area contributed by atoms with Gasteiger partial charge in [0.1, 0.15) is 0 Å². The molecule has 4 aromatic rings. The first-order valence-electron chi connectivity index (χ1n) is 6.79. The van der Waals surface area contributed by atoms with Crippen LogP contribution in [0, 0.1) is 0 Å². The van der Waals surface area contributed by atoms with Crippen LogP contribution in [0.15, 0.2) is 71.5 Å². The van der Waals surface area contributed by atoms with Gasteiger partial charge in [-0.1, -0.05) is 42.5 Å². The summed E-state index contributed by atoms with van der Waals surface area (Å²) in [6.45, 7) is 0. The van der Waals surface area contributed by atoms with Crippen LogP contribution >= 0.6 is 0 Å². The van der Waals surface area contributed by atoms with E-state index in [-0.39, 0.29) is 5.56 Å². The Labute approximate surface area is 120 Å². The number of aromatic amines is 1. The SMILES string of the molecule is O=c1[nH]c2ccccc2cc1-c1ccc2ccccc2n1. The van der Waals surface area contributed by atoms with Crippen LogP contribution in [0.4, 0.5) is 0 Å². The second-order valence-electron chi connectivity index (χ2n) is 4.99. The quantitative estimate of drug-likeness (QED) is 0.573. The number of rotatable bonds is 1. The van der Waals surface area contributed by atoms with Crippen LogP contribution in [0.5, 0.6) is 0 Å². The summed E-state index contributed by atoms with van der Waals surface area (Å²) in [5.74, 6) is 0. The van der Waals surface area contributed by atoms with Crippen molar-refractivity contribution < 1.29 is 0 Å². The summed E-state index contributed by atoms with van der Waals surface area (Å²) in [6.07, 6.45) is 0. The summed E-state index contributed by atoms with van der Waals surface area (Å²) in [4.78, 5) is 19.8. The molecule has 0 saturated heterocycles. The molecule has 0 aliphatic carbocycles. The van der Waals surface area contributed by atoms with Gasteiger partial charge in [0.15, 0.2) is 0 Å². The van der Waals surface area contributed by atoms with Crippen molar-refractivity contribution in [1.82, 2.24) is 9.97 Å². The lowest BCUT2D eigenvalue weighted by Crippen LogP contribution is -2.09. The van der Waals surface area contributed by atoms with Gasteiger partial charge in [0.05, 0.1) is 16.8 Å². The minimum absolute atomic E-state index is 0.114. The Morgan fingerprint density at radius 2 is 1.57 bits per heavy atom. The number of H-pyrrole nitrogens is 1. The van der Waals surface area contributed by atoms with E-state index >= 15 is 0 Å². The van der Waals surface area contributed by atoms with E-state index in [1.807, 2.05) is 66.7 Å². The molecule has 0 fully saturated rings. The van der Waals surface area contributed by atoms with E-state index in [1.54, 1.807) is 0 Å². The first kappa shape index (κ1) is 11.9. The molecule has 3 heteroatoms. The van der Waals surface area contributed by atoms with E-state index < -0.39 is 0 Å². The largest absolute Gasteiger partial charge is 0.321 e. The summed E-state index contributed by atoms with van der Waals surface area (Å²) in [5, 5.41) is 2.07. The van der Waals surface area contributed by atoms with Crippen LogP contribution in [0.3, 0.4) is 0 Å². The molecule has 4 rings (SSSR count). The highest BCUT2D eigenvalue weighted by atomic mass is 16.1. The summed E-state index contributed by atoms with van der Waals surface area (Å²) in [7, 11) is 0. The molecule has 0 aliphatic rings. The maximum atomic E-state index is 12.3. The zero-order valence-corrected chi connectivity index (χ0v) is 11.2. The summed E-state index contributed by atoms with van der Waals surface area (Å²) >= 11 is 0. The van der Waals surface area contributed by atoms with Crippen molar-refractivity contribution in [3.63, 3.8) is 0 Å². The standard InChI is InChI=1S/C18H12N2O/c21-18-14(11-13-6-2-4-8-16(13)20-18)17-10-9-12-5-1-3-7-15(12)19-17/h1-11H,(H,20,21). The fraction of sp³-hybridized carbons (Fsp3) is 0. The van der Waals surface area contributed by atoms with E-state index in [0.717, 1.165) is 21.8 Å². The molecular weight excluding hydrogens is 260 g/mol. The third-order valence-corrected chi connectivity index (χ3v) is 3.63. The summed E-state index contributed by atoms with van der Waals surface area (Å²) in [6, 6.07) is 21.4. The minimum Gasteiger partial charge on any atom is -0.321 e. The molecule has 100 valence electrons. The van der Waals surface area contributed by atoms with E-state index in [2.05, 4.69) is 9.97 Å². The first-order chi connectivity index (χ1) is 10.3. The van der Waals surface area contributed by atoms with Crippen molar-refractivity contribution in [2.75, 3.05) is 0 Å². The van der Waals surface area contributed by atoms with Crippen LogP contribution < -0.4 is 5.56 Å². The number of nitrogens with zero attached hydrogens (tertiary/aromatic N) is 1. The molecular formula is C18H12N2O. The molecule has 0 bridgehead atoms. The highest BCUT2D eigenvalue weighted by Gasteiger charge is 2.07. The van der Waals surface area contributed by atoms with Crippen LogP contribution in [0.1, 0.15) is 0 Å². The van der Waals surface area contributed by atoms with E-state index in [1.165, 1.54) is 0 Å². The Balaban J connectivity index is 1.99. The normalized spacial score (nSPS) is 11.0. The van der Waals surface area contributed by atoms with Gasteiger partial charge in [-0.3, -0.25) is 4.79 Å². The van der Waals surface area contributed by atoms with Crippen molar-refractivity contribution >= 4 is 21.8 Å². The molecule has 2 heterocycles. The average molecular weight is 272 g/mol. The van der Waals surface area contributed by atoms with Crippen LogP contribution in [0.25, 0.3) is 33.1 Å². The average Bonchev–Trinajstić information content (AvgIpc) is 2.54. The van der Waals surface area contributed by atoms with Crippen molar-refractivity contribution in [3.8, 4) is 11.3 Å². The molecule has 1 N–H and O–H groups in total. The lowest BCUT2D eigenvalue weighted by Gasteiger charge is -2.04. The molecule has 0 amide bonds. The maximum Gasteiger partial charge on any atom is 0.257 e. The molecule has 0 radical (unpaired) electrons. The predicted molar refractivity (Wildman–Crippen MR) is 85.3 cm³/mol. The van der Waals surface area contributed by atoms with Gasteiger partial charge in [-0.2, -0.15) is 0 Å². The molecule has 0 saturated carbocycles. The molecule has 3 nitrogen and oxygen atoms in total. The van der Waals surface area contributed by atoms with E-state index in [9.17, 15) is 4.79 Å². The molecule has 2 aromatic carbocycles. The third-order valence-electron chi connectivity index (χ3n) is 3.63. The Morgan fingerprint density at radius 1 is 0.810 bits per heavy atom. The third kappa shape index (κ3) is 1.99. The number of hydrogen-bond donors (Lipinski definition) is 1. The van der Waals surface area contributed by atoms with Crippen molar-refractivity contribution in [2.45, 2.75) is 0 Å². The lowest BCUT2D eigenvalue weighted by atomic mass is 10.1. The predicted octanol–water partition coefficient (Wildman–Crippen LogP) is 3.74. The number of para-hydroxylation sites is 2. The molecule has 0 atom stereocenters. The highest BCUT2D eigenvalue weighted by Crippen LogP contribution is 2.20. The molecule has 0 aliphatic heterocycles. The Morgan fingerprint density at radius 3 is 2.48 bits per heavy atom. The molecule has 2 aromatic heterocycles. The van der Waals surface area contributed by atoms with Crippen LogP contribution in [-0.4, -0.2) is 9.97 Å². The molecule has 0 unspecified atom stereocenters. The van der Waals surface area contributed by atoms with Crippen LogP contribution in [0.2, 0.25) is 0 Å². The van der Waals surface area contributed by atoms with Crippen molar-refractivity contribution in [2.24, 2.45) is 0 Å². The maximum absolute atomic E-state index is 12.3. The summed E-state index contributed by atoms with van der Waals surface area (Å²) < 4.78 is 0. The molecule has 21 heavy (non-hydrogen) atoms. The topological polar surface area (TPSA) is 45.8 Å².